The molecule has 0 fully saturated rings. The number of ether oxygens (including phenoxy) is 2. The average Bonchev–Trinajstić information content (AvgIpc) is 3.07. The highest BCUT2D eigenvalue weighted by Crippen LogP contribution is 2.39. The van der Waals surface area contributed by atoms with Gasteiger partial charge in [-0.15, -0.1) is 0 Å². The second kappa shape index (κ2) is 7.99. The smallest absolute Gasteiger partial charge is 0.343 e. The number of hydrogen-bond donors (Lipinski definition) is 0. The molecule has 0 atom stereocenters. The Kier molecular flexibility index (Phi) is 5.23. The zero-order valence-corrected chi connectivity index (χ0v) is 17.1. The van der Waals surface area contributed by atoms with Gasteiger partial charge in [0, 0.05) is 5.56 Å². The van der Waals surface area contributed by atoms with Crippen molar-refractivity contribution in [3.8, 4) is 11.5 Å². The van der Waals surface area contributed by atoms with Crippen molar-refractivity contribution in [3.63, 3.8) is 0 Å². The molecule has 4 heteroatoms. The number of allylic oxidation sites excluding steroid dienone is 1. The standard InChI is InChI=1S/C26H22O4/c1-16(2)19-11-9-18(10-12-19)15-23-24(27)21-13-14-22(17(3)25(21)29-23)30-26(28)20-7-5-4-6-8-20/h4-16H,1-3H3/b23-15-. The van der Waals surface area contributed by atoms with Crippen molar-refractivity contribution in [1.29, 1.82) is 0 Å². The van der Waals surface area contributed by atoms with Crippen LogP contribution in [0.4, 0.5) is 0 Å². The van der Waals surface area contributed by atoms with Crippen molar-refractivity contribution < 1.29 is 19.1 Å². The van der Waals surface area contributed by atoms with E-state index in [0.29, 0.717) is 34.1 Å². The molecule has 0 unspecified atom stereocenters. The van der Waals surface area contributed by atoms with Gasteiger partial charge < -0.3 is 9.47 Å². The summed E-state index contributed by atoms with van der Waals surface area (Å²) in [4.78, 5) is 25.2. The number of carbonyl (C=O) groups excluding carboxylic acids is 2. The van der Waals surface area contributed by atoms with Crippen LogP contribution in [0.2, 0.25) is 0 Å². The molecule has 0 bridgehead atoms. The molecule has 0 aromatic heterocycles. The zero-order chi connectivity index (χ0) is 21.3. The number of Topliss-reactive ketones (excluding diaryl/α,β-unsaturated/α-hetero) is 1. The molecule has 0 radical (unpaired) electrons. The molecule has 4 rings (SSSR count). The highest BCUT2D eigenvalue weighted by atomic mass is 16.5. The molecule has 150 valence electrons. The Balaban J connectivity index is 1.58. The number of carbonyl (C=O) groups is 2. The van der Waals surface area contributed by atoms with Gasteiger partial charge in [0.25, 0.3) is 0 Å². The maximum Gasteiger partial charge on any atom is 0.343 e. The fourth-order valence-corrected chi connectivity index (χ4v) is 3.34. The van der Waals surface area contributed by atoms with Gasteiger partial charge in [0.15, 0.2) is 5.76 Å². The molecule has 4 nitrogen and oxygen atoms in total. The zero-order valence-electron chi connectivity index (χ0n) is 17.1. The van der Waals surface area contributed by atoms with Crippen LogP contribution >= 0.6 is 0 Å². The van der Waals surface area contributed by atoms with E-state index in [1.54, 1.807) is 49.4 Å². The van der Waals surface area contributed by atoms with Crippen LogP contribution in [0.3, 0.4) is 0 Å². The van der Waals surface area contributed by atoms with Crippen LogP contribution in [-0.2, 0) is 0 Å². The minimum absolute atomic E-state index is 0.179. The van der Waals surface area contributed by atoms with Crippen LogP contribution in [0.1, 0.15) is 57.2 Å². The van der Waals surface area contributed by atoms with Crippen molar-refractivity contribution in [3.05, 3.63) is 100 Å². The molecule has 3 aromatic carbocycles. The van der Waals surface area contributed by atoms with Crippen molar-refractivity contribution in [2.45, 2.75) is 26.7 Å². The van der Waals surface area contributed by atoms with Crippen LogP contribution in [0.15, 0.2) is 72.5 Å². The van der Waals surface area contributed by atoms with E-state index >= 15 is 0 Å². The SMILES string of the molecule is Cc1c(OC(=O)c2ccccc2)ccc2c1O/C(=C\c1ccc(C(C)C)cc1)C2=O. The number of fused-ring (bicyclic) bond motifs is 1. The number of benzene rings is 3. The van der Waals surface area contributed by atoms with E-state index in [-0.39, 0.29) is 11.5 Å². The van der Waals surface area contributed by atoms with E-state index in [2.05, 4.69) is 26.0 Å². The molecule has 0 N–H and O–H groups in total. The van der Waals surface area contributed by atoms with E-state index in [1.165, 1.54) is 5.56 Å². The predicted octanol–water partition coefficient (Wildman–Crippen LogP) is 5.95. The third-order valence-corrected chi connectivity index (χ3v) is 5.15. The molecule has 0 saturated heterocycles. The third kappa shape index (κ3) is 3.77. The van der Waals surface area contributed by atoms with E-state index in [9.17, 15) is 9.59 Å². The lowest BCUT2D eigenvalue weighted by Crippen LogP contribution is -2.09. The van der Waals surface area contributed by atoms with Gasteiger partial charge in [0.1, 0.15) is 11.5 Å². The molecular formula is C26H22O4. The van der Waals surface area contributed by atoms with Crippen molar-refractivity contribution >= 4 is 17.8 Å². The van der Waals surface area contributed by atoms with Gasteiger partial charge in [-0.3, -0.25) is 4.79 Å². The molecule has 0 aliphatic carbocycles. The van der Waals surface area contributed by atoms with Gasteiger partial charge in [-0.1, -0.05) is 56.3 Å². The van der Waals surface area contributed by atoms with Gasteiger partial charge in [-0.05, 0) is 54.3 Å². The second-order valence-corrected chi connectivity index (χ2v) is 7.58. The van der Waals surface area contributed by atoms with Gasteiger partial charge >= 0.3 is 5.97 Å². The average molecular weight is 398 g/mol. The first-order chi connectivity index (χ1) is 14.4. The van der Waals surface area contributed by atoms with Crippen LogP contribution in [0, 0.1) is 6.92 Å². The molecule has 1 aliphatic heterocycles. The van der Waals surface area contributed by atoms with Crippen LogP contribution in [0.25, 0.3) is 6.08 Å². The summed E-state index contributed by atoms with van der Waals surface area (Å²) >= 11 is 0. The van der Waals surface area contributed by atoms with Gasteiger partial charge in [0.2, 0.25) is 5.78 Å². The quantitative estimate of drug-likeness (QED) is 0.309. The first-order valence-corrected chi connectivity index (χ1v) is 9.89. The lowest BCUT2D eigenvalue weighted by Gasteiger charge is -2.10. The Morgan fingerprint density at radius 1 is 0.967 bits per heavy atom. The molecule has 0 spiro atoms. The van der Waals surface area contributed by atoms with Gasteiger partial charge in [0.05, 0.1) is 11.1 Å². The van der Waals surface area contributed by atoms with Crippen molar-refractivity contribution in [2.24, 2.45) is 0 Å². The first-order valence-electron chi connectivity index (χ1n) is 9.89. The summed E-state index contributed by atoms with van der Waals surface area (Å²) in [5.74, 6) is 0.879. The van der Waals surface area contributed by atoms with Crippen LogP contribution in [0.5, 0.6) is 11.5 Å². The van der Waals surface area contributed by atoms with Gasteiger partial charge in [-0.25, -0.2) is 4.79 Å². The summed E-state index contributed by atoms with van der Waals surface area (Å²) in [5, 5.41) is 0. The van der Waals surface area contributed by atoms with Crippen LogP contribution < -0.4 is 9.47 Å². The van der Waals surface area contributed by atoms with Gasteiger partial charge in [-0.2, -0.15) is 0 Å². The normalized spacial score (nSPS) is 14.0. The fraction of sp³-hybridized carbons (Fsp3) is 0.154. The topological polar surface area (TPSA) is 52.6 Å². The van der Waals surface area contributed by atoms with E-state index in [4.69, 9.17) is 9.47 Å². The van der Waals surface area contributed by atoms with Crippen molar-refractivity contribution in [2.75, 3.05) is 0 Å². The Morgan fingerprint density at radius 2 is 1.67 bits per heavy atom. The summed E-state index contributed by atoms with van der Waals surface area (Å²) < 4.78 is 11.4. The molecular weight excluding hydrogens is 376 g/mol. The monoisotopic (exact) mass is 398 g/mol. The maximum absolute atomic E-state index is 12.8. The summed E-state index contributed by atoms with van der Waals surface area (Å²) in [6.07, 6.45) is 1.74. The Morgan fingerprint density at radius 3 is 2.33 bits per heavy atom. The first kappa shape index (κ1) is 19.6. The summed E-state index contributed by atoms with van der Waals surface area (Å²) in [6.45, 7) is 6.05. The minimum atomic E-state index is -0.455. The number of rotatable bonds is 4. The summed E-state index contributed by atoms with van der Waals surface area (Å²) in [7, 11) is 0. The molecule has 30 heavy (non-hydrogen) atoms. The molecule has 1 heterocycles. The number of esters is 1. The third-order valence-electron chi connectivity index (χ3n) is 5.15. The maximum atomic E-state index is 12.8. The van der Waals surface area contributed by atoms with E-state index in [0.717, 1.165) is 5.56 Å². The Bertz CT molecular complexity index is 1140. The summed E-state index contributed by atoms with van der Waals surface area (Å²) in [6, 6.07) is 20.1. The fourth-order valence-electron chi connectivity index (χ4n) is 3.34. The van der Waals surface area contributed by atoms with E-state index < -0.39 is 5.97 Å². The predicted molar refractivity (Wildman–Crippen MR) is 116 cm³/mol. The lowest BCUT2D eigenvalue weighted by atomic mass is 10.0. The number of hydrogen-bond acceptors (Lipinski definition) is 4. The highest BCUT2D eigenvalue weighted by Gasteiger charge is 2.30. The second-order valence-electron chi connectivity index (χ2n) is 7.58. The van der Waals surface area contributed by atoms with E-state index in [1.807, 2.05) is 18.2 Å². The largest absolute Gasteiger partial charge is 0.452 e. The number of ketones is 1. The van der Waals surface area contributed by atoms with Crippen molar-refractivity contribution in [1.82, 2.24) is 0 Å². The lowest BCUT2D eigenvalue weighted by molar-refractivity contribution is 0.0733. The highest BCUT2D eigenvalue weighted by molar-refractivity contribution is 6.15. The molecule has 3 aromatic rings. The molecule has 0 amide bonds. The van der Waals surface area contributed by atoms with Crippen LogP contribution in [-0.4, -0.2) is 11.8 Å². The molecule has 0 saturated carbocycles. The Labute approximate surface area is 175 Å². The summed E-state index contributed by atoms with van der Waals surface area (Å²) in [5.41, 5.74) is 3.67. The minimum Gasteiger partial charge on any atom is -0.452 e. The molecule has 1 aliphatic rings. The Hall–Kier alpha value is -3.66.